The van der Waals surface area contributed by atoms with Crippen LogP contribution in [0.1, 0.15) is 19.8 Å². The number of nitrogens with zero attached hydrogens (tertiary/aromatic N) is 2. The van der Waals surface area contributed by atoms with Crippen LogP contribution in [0.3, 0.4) is 0 Å². The highest BCUT2D eigenvalue weighted by Gasteiger charge is 2.23. The van der Waals surface area contributed by atoms with Crippen LogP contribution in [0.5, 0.6) is 0 Å². The summed E-state index contributed by atoms with van der Waals surface area (Å²) in [5.41, 5.74) is 0. The van der Waals surface area contributed by atoms with E-state index in [9.17, 15) is 8.42 Å². The molecule has 0 spiro atoms. The first-order valence-electron chi connectivity index (χ1n) is 5.69. The Morgan fingerprint density at radius 1 is 1.39 bits per heavy atom. The second-order valence-electron chi connectivity index (χ2n) is 3.79. The van der Waals surface area contributed by atoms with E-state index in [0.717, 1.165) is 12.8 Å². The first-order valence-corrected chi connectivity index (χ1v) is 8.45. The topological polar surface area (TPSA) is 50.3 Å². The normalized spacial score (nSPS) is 12.0. The van der Waals surface area contributed by atoms with Gasteiger partial charge in [0.2, 0.25) is 10.0 Å². The molecule has 0 bridgehead atoms. The number of halogens is 2. The quantitative estimate of drug-likeness (QED) is 0.707. The summed E-state index contributed by atoms with van der Waals surface area (Å²) in [6, 6.07) is 1.55. The maximum absolute atomic E-state index is 12.4. The molecular weight excluding hydrogens is 340 g/mol. The molecule has 1 aromatic heterocycles. The van der Waals surface area contributed by atoms with E-state index < -0.39 is 10.0 Å². The van der Waals surface area contributed by atoms with Crippen molar-refractivity contribution < 1.29 is 8.42 Å². The van der Waals surface area contributed by atoms with E-state index in [1.165, 1.54) is 10.5 Å². The second-order valence-corrected chi connectivity index (χ2v) is 7.02. The molecular formula is C11H16BrClN2O2S. The Morgan fingerprint density at radius 3 is 2.67 bits per heavy atom. The Hall–Kier alpha value is -0.170. The van der Waals surface area contributed by atoms with Crippen molar-refractivity contribution in [2.45, 2.75) is 24.7 Å². The summed E-state index contributed by atoms with van der Waals surface area (Å²) >= 11 is 8.89. The predicted molar refractivity (Wildman–Crippen MR) is 76.3 cm³/mol. The number of hydrogen-bond donors (Lipinski definition) is 0. The molecule has 1 aromatic rings. The van der Waals surface area contributed by atoms with Crippen molar-refractivity contribution in [2.75, 3.05) is 19.0 Å². The molecule has 18 heavy (non-hydrogen) atoms. The van der Waals surface area contributed by atoms with Crippen LogP contribution < -0.4 is 0 Å². The first-order chi connectivity index (χ1) is 8.52. The minimum atomic E-state index is -3.50. The summed E-state index contributed by atoms with van der Waals surface area (Å²) in [7, 11) is -3.50. The Labute approximate surface area is 122 Å². The van der Waals surface area contributed by atoms with E-state index >= 15 is 0 Å². The zero-order valence-electron chi connectivity index (χ0n) is 10.1. The molecule has 0 saturated heterocycles. The summed E-state index contributed by atoms with van der Waals surface area (Å²) in [4.78, 5) is 4.08. The van der Waals surface area contributed by atoms with Crippen molar-refractivity contribution in [3.63, 3.8) is 0 Å². The third kappa shape index (κ3) is 4.19. The number of rotatable bonds is 7. The van der Waals surface area contributed by atoms with Gasteiger partial charge >= 0.3 is 0 Å². The fourth-order valence-electron chi connectivity index (χ4n) is 1.46. The molecule has 7 heteroatoms. The summed E-state index contributed by atoms with van der Waals surface area (Å²) in [6.45, 7) is 2.82. The van der Waals surface area contributed by atoms with E-state index in [2.05, 4.69) is 20.9 Å². The molecule has 0 unspecified atom stereocenters. The van der Waals surface area contributed by atoms with Crippen LogP contribution in [-0.2, 0) is 10.0 Å². The van der Waals surface area contributed by atoms with Gasteiger partial charge in [0.25, 0.3) is 0 Å². The lowest BCUT2D eigenvalue weighted by Gasteiger charge is -2.20. The summed E-state index contributed by atoms with van der Waals surface area (Å²) in [5, 5.41) is 0. The first kappa shape index (κ1) is 15.9. The lowest BCUT2D eigenvalue weighted by atomic mass is 10.3. The molecule has 0 aliphatic rings. The van der Waals surface area contributed by atoms with Crippen LogP contribution >= 0.6 is 27.5 Å². The number of sulfonamides is 1. The average Bonchev–Trinajstić information content (AvgIpc) is 2.34. The number of pyridine rings is 1. The molecule has 0 fully saturated rings. The molecule has 0 aromatic carbocycles. The monoisotopic (exact) mass is 354 g/mol. The molecule has 1 rings (SSSR count). The van der Waals surface area contributed by atoms with Crippen molar-refractivity contribution in [3.8, 4) is 0 Å². The molecule has 0 radical (unpaired) electrons. The fraction of sp³-hybridized carbons (Fsp3) is 0.545. The van der Waals surface area contributed by atoms with Crippen molar-refractivity contribution in [1.82, 2.24) is 9.29 Å². The molecule has 102 valence electrons. The predicted octanol–water partition coefficient (Wildman–Crippen LogP) is 2.87. The van der Waals surface area contributed by atoms with E-state index in [-0.39, 0.29) is 10.8 Å². The van der Waals surface area contributed by atoms with Crippen LogP contribution in [0, 0.1) is 0 Å². The van der Waals surface area contributed by atoms with Crippen LogP contribution in [0.25, 0.3) is 0 Å². The Balaban J connectivity index is 3.00. The van der Waals surface area contributed by atoms with Gasteiger partial charge in [-0.2, -0.15) is 4.31 Å². The molecule has 0 atom stereocenters. The SMILES string of the molecule is CCCCN(CCCl)S(=O)(=O)c1cncc(Br)c1. The number of aromatic nitrogens is 1. The smallest absolute Gasteiger partial charge is 0.244 e. The zero-order chi connectivity index (χ0) is 13.6. The fourth-order valence-corrected chi connectivity index (χ4v) is 3.75. The molecule has 0 aliphatic heterocycles. The van der Waals surface area contributed by atoms with Crippen molar-refractivity contribution in [1.29, 1.82) is 0 Å². The molecule has 1 heterocycles. The Bertz CT molecular complexity index is 482. The van der Waals surface area contributed by atoms with Crippen LogP contribution in [0.15, 0.2) is 27.8 Å². The highest BCUT2D eigenvalue weighted by molar-refractivity contribution is 9.10. The van der Waals surface area contributed by atoms with Gasteiger partial charge in [0.15, 0.2) is 0 Å². The van der Waals surface area contributed by atoms with E-state index in [0.29, 0.717) is 17.6 Å². The van der Waals surface area contributed by atoms with Crippen molar-refractivity contribution >= 4 is 37.6 Å². The van der Waals surface area contributed by atoms with E-state index in [4.69, 9.17) is 11.6 Å². The lowest BCUT2D eigenvalue weighted by Crippen LogP contribution is -2.33. The third-order valence-electron chi connectivity index (χ3n) is 2.41. The van der Waals surface area contributed by atoms with Gasteiger partial charge in [0, 0.05) is 35.8 Å². The molecule has 0 aliphatic carbocycles. The lowest BCUT2D eigenvalue weighted by molar-refractivity contribution is 0.420. The van der Waals surface area contributed by atoms with Crippen molar-refractivity contribution in [2.24, 2.45) is 0 Å². The van der Waals surface area contributed by atoms with Gasteiger partial charge in [-0.15, -0.1) is 11.6 Å². The van der Waals surface area contributed by atoms with Gasteiger partial charge in [-0.05, 0) is 28.4 Å². The van der Waals surface area contributed by atoms with Crippen LogP contribution in [0.4, 0.5) is 0 Å². The van der Waals surface area contributed by atoms with Gasteiger partial charge in [-0.3, -0.25) is 4.98 Å². The highest BCUT2D eigenvalue weighted by Crippen LogP contribution is 2.19. The summed E-state index contributed by atoms with van der Waals surface area (Å²) < 4.78 is 26.8. The maximum atomic E-state index is 12.4. The van der Waals surface area contributed by atoms with Gasteiger partial charge < -0.3 is 0 Å². The number of alkyl halides is 1. The molecule has 0 saturated carbocycles. The highest BCUT2D eigenvalue weighted by atomic mass is 79.9. The van der Waals surface area contributed by atoms with Crippen LogP contribution in [-0.4, -0.2) is 36.7 Å². The van der Waals surface area contributed by atoms with Gasteiger partial charge in [0.05, 0.1) is 0 Å². The van der Waals surface area contributed by atoms with E-state index in [1.54, 1.807) is 12.3 Å². The Kier molecular flexibility index (Phi) is 6.55. The second kappa shape index (κ2) is 7.43. The number of unbranched alkanes of at least 4 members (excludes halogenated alkanes) is 1. The minimum Gasteiger partial charge on any atom is -0.262 e. The summed E-state index contributed by atoms with van der Waals surface area (Å²) in [5.74, 6) is 0.282. The van der Waals surface area contributed by atoms with Crippen LogP contribution in [0.2, 0.25) is 0 Å². The largest absolute Gasteiger partial charge is 0.262 e. The average molecular weight is 356 g/mol. The molecule has 4 nitrogen and oxygen atoms in total. The molecule has 0 amide bonds. The minimum absolute atomic E-state index is 0.193. The molecule has 0 N–H and O–H groups in total. The third-order valence-corrected chi connectivity index (χ3v) is 4.88. The van der Waals surface area contributed by atoms with Gasteiger partial charge in [0.1, 0.15) is 4.90 Å². The Morgan fingerprint density at radius 2 is 2.11 bits per heavy atom. The maximum Gasteiger partial charge on any atom is 0.244 e. The van der Waals surface area contributed by atoms with E-state index in [1.807, 2.05) is 6.92 Å². The van der Waals surface area contributed by atoms with Crippen molar-refractivity contribution in [3.05, 3.63) is 22.9 Å². The summed E-state index contributed by atoms with van der Waals surface area (Å²) in [6.07, 6.45) is 4.66. The number of hydrogen-bond acceptors (Lipinski definition) is 3. The van der Waals surface area contributed by atoms with Gasteiger partial charge in [-0.1, -0.05) is 13.3 Å². The standard InChI is InChI=1S/C11H16BrClN2O2S/c1-2-3-5-15(6-4-13)18(16,17)11-7-10(12)8-14-9-11/h7-9H,2-6H2,1H3. The zero-order valence-corrected chi connectivity index (χ0v) is 13.3. The van der Waals surface area contributed by atoms with Gasteiger partial charge in [-0.25, -0.2) is 8.42 Å².